The van der Waals surface area contributed by atoms with E-state index in [2.05, 4.69) is 15.2 Å². The van der Waals surface area contributed by atoms with Crippen LogP contribution in [0.2, 0.25) is 0 Å². The van der Waals surface area contributed by atoms with Crippen molar-refractivity contribution in [1.82, 2.24) is 19.8 Å². The van der Waals surface area contributed by atoms with E-state index < -0.39 is 0 Å². The number of rotatable bonds is 6. The summed E-state index contributed by atoms with van der Waals surface area (Å²) in [5.74, 6) is -0.281. The van der Waals surface area contributed by atoms with Crippen molar-refractivity contribution in [1.29, 1.82) is 0 Å². The Morgan fingerprint density at radius 2 is 1.96 bits per heavy atom. The largest absolute Gasteiger partial charge is 0.469 e. The molecule has 1 aliphatic heterocycles. The second kappa shape index (κ2) is 8.14. The van der Waals surface area contributed by atoms with Gasteiger partial charge in [0.15, 0.2) is 0 Å². The minimum atomic E-state index is -0.190. The number of methoxy groups -OCH3 is 1. The summed E-state index contributed by atoms with van der Waals surface area (Å²) in [4.78, 5) is 30.0. The van der Waals surface area contributed by atoms with Crippen LogP contribution in [0.25, 0.3) is 5.69 Å². The highest BCUT2D eigenvalue weighted by Crippen LogP contribution is 2.24. The van der Waals surface area contributed by atoms with Gasteiger partial charge in [-0.1, -0.05) is 0 Å². The normalized spacial score (nSPS) is 20.1. The van der Waals surface area contributed by atoms with E-state index in [-0.39, 0.29) is 24.0 Å². The van der Waals surface area contributed by atoms with E-state index >= 15 is 0 Å². The molecule has 1 saturated heterocycles. The van der Waals surface area contributed by atoms with Crippen molar-refractivity contribution in [2.75, 3.05) is 20.7 Å². The highest BCUT2D eigenvalue weighted by atomic mass is 16.5. The molecule has 0 spiro atoms. The molecular formula is C19H24N4O3. The first-order valence-electron chi connectivity index (χ1n) is 8.74. The van der Waals surface area contributed by atoms with Crippen molar-refractivity contribution in [3.8, 4) is 5.69 Å². The lowest BCUT2D eigenvalue weighted by Crippen LogP contribution is -2.41. The standard InChI is InChI=1S/C19H24N4O3/c1-22-16(11-18(24)26-2)7-8-17(22)12-21-19(25)14-3-5-15(6-4-14)23-10-9-20-13-23/h3-6,9-10,13,16-17H,7-8,11-12H2,1-2H3,(H,21,25)/t16-,17+/m1/s1. The summed E-state index contributed by atoms with van der Waals surface area (Å²) in [7, 11) is 3.41. The molecule has 1 N–H and O–H groups in total. The smallest absolute Gasteiger partial charge is 0.307 e. The number of carbonyl (C=O) groups excluding carboxylic acids is 2. The molecule has 138 valence electrons. The van der Waals surface area contributed by atoms with Gasteiger partial charge in [0.05, 0.1) is 19.9 Å². The van der Waals surface area contributed by atoms with Gasteiger partial charge in [0.2, 0.25) is 0 Å². The number of likely N-dealkylation sites (tertiary alicyclic amines) is 1. The molecular weight excluding hydrogens is 332 g/mol. The van der Waals surface area contributed by atoms with Gasteiger partial charge >= 0.3 is 5.97 Å². The molecule has 1 aromatic carbocycles. The summed E-state index contributed by atoms with van der Waals surface area (Å²) in [6.45, 7) is 0.566. The SMILES string of the molecule is COC(=O)C[C@H]1CC[C@@H](CNC(=O)c2ccc(-n3ccnc3)cc2)N1C. The molecule has 1 aliphatic rings. The van der Waals surface area contributed by atoms with Crippen LogP contribution in [0.3, 0.4) is 0 Å². The van der Waals surface area contributed by atoms with Crippen molar-refractivity contribution < 1.29 is 14.3 Å². The van der Waals surface area contributed by atoms with Gasteiger partial charge in [-0.15, -0.1) is 0 Å². The highest BCUT2D eigenvalue weighted by Gasteiger charge is 2.32. The first kappa shape index (κ1) is 18.1. The molecule has 0 unspecified atom stereocenters. The molecule has 1 amide bonds. The average Bonchev–Trinajstić information content (AvgIpc) is 3.31. The summed E-state index contributed by atoms with van der Waals surface area (Å²) in [5, 5.41) is 3.00. The van der Waals surface area contributed by atoms with Crippen molar-refractivity contribution in [2.24, 2.45) is 0 Å². The van der Waals surface area contributed by atoms with Crippen molar-refractivity contribution in [3.05, 3.63) is 48.5 Å². The van der Waals surface area contributed by atoms with Gasteiger partial charge in [-0.3, -0.25) is 14.5 Å². The van der Waals surface area contributed by atoms with Gasteiger partial charge in [0.25, 0.3) is 5.91 Å². The van der Waals surface area contributed by atoms with Crippen LogP contribution in [-0.4, -0.2) is 59.1 Å². The molecule has 2 atom stereocenters. The number of ether oxygens (including phenoxy) is 1. The fourth-order valence-electron chi connectivity index (χ4n) is 3.37. The van der Waals surface area contributed by atoms with Crippen LogP contribution < -0.4 is 5.32 Å². The third-order valence-corrected chi connectivity index (χ3v) is 5.05. The molecule has 0 radical (unpaired) electrons. The van der Waals surface area contributed by atoms with E-state index in [4.69, 9.17) is 4.74 Å². The summed E-state index contributed by atoms with van der Waals surface area (Å²) < 4.78 is 6.63. The monoisotopic (exact) mass is 356 g/mol. The quantitative estimate of drug-likeness (QED) is 0.796. The predicted molar refractivity (Wildman–Crippen MR) is 97.1 cm³/mol. The molecule has 1 fully saturated rings. The van der Waals surface area contributed by atoms with Crippen LogP contribution >= 0.6 is 0 Å². The number of aromatic nitrogens is 2. The van der Waals surface area contributed by atoms with Crippen LogP contribution in [-0.2, 0) is 9.53 Å². The predicted octanol–water partition coefficient (Wildman–Crippen LogP) is 1.63. The minimum absolute atomic E-state index is 0.0907. The number of esters is 1. The Morgan fingerprint density at radius 3 is 2.62 bits per heavy atom. The Kier molecular flexibility index (Phi) is 5.68. The Balaban J connectivity index is 1.52. The van der Waals surface area contributed by atoms with Gasteiger partial charge in [-0.25, -0.2) is 4.98 Å². The first-order valence-corrected chi connectivity index (χ1v) is 8.74. The lowest BCUT2D eigenvalue weighted by atomic mass is 10.1. The number of hydrogen-bond acceptors (Lipinski definition) is 5. The topological polar surface area (TPSA) is 76.5 Å². The number of nitrogens with one attached hydrogen (secondary N) is 1. The van der Waals surface area contributed by atoms with Crippen LogP contribution in [0.1, 0.15) is 29.6 Å². The average molecular weight is 356 g/mol. The van der Waals surface area contributed by atoms with E-state index in [9.17, 15) is 9.59 Å². The minimum Gasteiger partial charge on any atom is -0.469 e. The van der Waals surface area contributed by atoms with Crippen LogP contribution in [0.15, 0.2) is 43.0 Å². The lowest BCUT2D eigenvalue weighted by Gasteiger charge is -2.25. The molecule has 0 bridgehead atoms. The molecule has 0 aliphatic carbocycles. The summed E-state index contributed by atoms with van der Waals surface area (Å²) in [6, 6.07) is 7.82. The Labute approximate surface area is 153 Å². The van der Waals surface area contributed by atoms with E-state index in [1.807, 2.05) is 42.1 Å². The second-order valence-corrected chi connectivity index (χ2v) is 6.56. The highest BCUT2D eigenvalue weighted by molar-refractivity contribution is 5.94. The Bertz CT molecular complexity index is 743. The molecule has 2 heterocycles. The molecule has 1 aromatic heterocycles. The zero-order chi connectivity index (χ0) is 18.5. The third kappa shape index (κ3) is 4.11. The summed E-state index contributed by atoms with van der Waals surface area (Å²) >= 11 is 0. The van der Waals surface area contributed by atoms with E-state index in [1.54, 1.807) is 12.5 Å². The lowest BCUT2D eigenvalue weighted by molar-refractivity contribution is -0.141. The number of amides is 1. The summed E-state index contributed by atoms with van der Waals surface area (Å²) in [5.41, 5.74) is 1.58. The van der Waals surface area contributed by atoms with Gasteiger partial charge in [-0.2, -0.15) is 0 Å². The maximum atomic E-state index is 12.4. The molecule has 7 nitrogen and oxygen atoms in total. The van der Waals surface area contributed by atoms with Gasteiger partial charge < -0.3 is 14.6 Å². The Morgan fingerprint density at radius 1 is 1.23 bits per heavy atom. The fourth-order valence-corrected chi connectivity index (χ4v) is 3.37. The first-order chi connectivity index (χ1) is 12.6. The number of imidazole rings is 1. The van der Waals surface area contributed by atoms with E-state index in [1.165, 1.54) is 7.11 Å². The summed E-state index contributed by atoms with van der Waals surface area (Å²) in [6.07, 6.45) is 7.58. The van der Waals surface area contributed by atoms with E-state index in [0.29, 0.717) is 18.5 Å². The molecule has 26 heavy (non-hydrogen) atoms. The van der Waals surface area contributed by atoms with Crippen LogP contribution in [0.4, 0.5) is 0 Å². The molecule has 2 aromatic rings. The van der Waals surface area contributed by atoms with Crippen LogP contribution in [0, 0.1) is 0 Å². The number of likely N-dealkylation sites (N-methyl/N-ethyl adjacent to an activating group) is 1. The molecule has 7 heteroatoms. The van der Waals surface area contributed by atoms with Crippen LogP contribution in [0.5, 0.6) is 0 Å². The van der Waals surface area contributed by atoms with E-state index in [0.717, 1.165) is 18.5 Å². The zero-order valence-corrected chi connectivity index (χ0v) is 15.1. The second-order valence-electron chi connectivity index (χ2n) is 6.56. The maximum absolute atomic E-state index is 12.4. The third-order valence-electron chi connectivity index (χ3n) is 5.05. The fraction of sp³-hybridized carbons (Fsp3) is 0.421. The number of nitrogens with zero attached hydrogens (tertiary/aromatic N) is 3. The van der Waals surface area contributed by atoms with Crippen molar-refractivity contribution >= 4 is 11.9 Å². The van der Waals surface area contributed by atoms with Gasteiger partial charge in [0, 0.05) is 42.3 Å². The zero-order valence-electron chi connectivity index (χ0n) is 15.1. The number of benzene rings is 1. The van der Waals surface area contributed by atoms with Crippen molar-refractivity contribution in [3.63, 3.8) is 0 Å². The van der Waals surface area contributed by atoms with Gasteiger partial charge in [-0.05, 0) is 44.2 Å². The number of hydrogen-bond donors (Lipinski definition) is 1. The maximum Gasteiger partial charge on any atom is 0.307 e. The number of carbonyl (C=O) groups is 2. The molecule has 0 saturated carbocycles. The Hall–Kier alpha value is -2.67. The molecule has 3 rings (SSSR count). The van der Waals surface area contributed by atoms with Crippen molar-refractivity contribution in [2.45, 2.75) is 31.3 Å². The van der Waals surface area contributed by atoms with Gasteiger partial charge in [0.1, 0.15) is 0 Å².